The average Bonchev–Trinajstić information content (AvgIpc) is 2.96. The molecule has 0 aliphatic heterocycles. The number of hydrogen-bond acceptors (Lipinski definition) is 2. The Labute approximate surface area is 123 Å². The van der Waals surface area contributed by atoms with E-state index in [9.17, 15) is 0 Å². The van der Waals surface area contributed by atoms with E-state index in [1.807, 2.05) is 24.7 Å². The highest BCUT2D eigenvalue weighted by Gasteiger charge is 2.16. The second-order valence-electron chi connectivity index (χ2n) is 4.93. The molecule has 0 saturated heterocycles. The number of hydrogen-bond donors (Lipinski definition) is 0. The third-order valence-electron chi connectivity index (χ3n) is 3.56. The van der Waals surface area contributed by atoms with Gasteiger partial charge in [-0.15, -0.1) is 11.6 Å². The summed E-state index contributed by atoms with van der Waals surface area (Å²) in [4.78, 5) is 4.61. The van der Waals surface area contributed by atoms with E-state index in [-0.39, 0.29) is 0 Å². The molecule has 5 heteroatoms. The normalized spacial score (nSPS) is 11.3. The van der Waals surface area contributed by atoms with Crippen molar-refractivity contribution in [3.63, 3.8) is 0 Å². The summed E-state index contributed by atoms with van der Waals surface area (Å²) in [6, 6.07) is 10.4. The van der Waals surface area contributed by atoms with E-state index < -0.39 is 0 Å². The first-order valence-corrected chi connectivity index (χ1v) is 7.22. The summed E-state index contributed by atoms with van der Waals surface area (Å²) >= 11 is 6.03. The number of halogens is 1. The van der Waals surface area contributed by atoms with Gasteiger partial charge in [0.1, 0.15) is 11.3 Å². The summed E-state index contributed by atoms with van der Waals surface area (Å²) in [7, 11) is 1.95. The Hall–Kier alpha value is -1.81. The van der Waals surface area contributed by atoms with Gasteiger partial charge in [-0.1, -0.05) is 30.3 Å². The zero-order valence-corrected chi connectivity index (χ0v) is 12.4. The largest absolute Gasteiger partial charge is 0.312 e. The summed E-state index contributed by atoms with van der Waals surface area (Å²) < 4.78 is 4.06. The van der Waals surface area contributed by atoms with Crippen LogP contribution in [0.15, 0.2) is 30.3 Å². The average molecular weight is 289 g/mol. The minimum Gasteiger partial charge on any atom is -0.312 e. The maximum Gasteiger partial charge on any atom is 0.158 e. The number of rotatable bonds is 4. The maximum absolute atomic E-state index is 6.03. The highest BCUT2D eigenvalue weighted by atomic mass is 35.5. The molecule has 0 aliphatic carbocycles. The predicted molar refractivity (Wildman–Crippen MR) is 80.9 cm³/mol. The number of benzene rings is 1. The molecule has 0 atom stereocenters. The molecule has 3 aromatic rings. The van der Waals surface area contributed by atoms with Crippen LogP contribution in [0.4, 0.5) is 0 Å². The van der Waals surface area contributed by atoms with Gasteiger partial charge in [0.15, 0.2) is 5.65 Å². The molecule has 3 rings (SSSR count). The highest BCUT2D eigenvalue weighted by Crippen LogP contribution is 2.20. The van der Waals surface area contributed by atoms with Crippen LogP contribution < -0.4 is 0 Å². The Morgan fingerprint density at radius 3 is 2.65 bits per heavy atom. The Kier molecular flexibility index (Phi) is 3.49. The number of imidazole rings is 1. The lowest BCUT2D eigenvalue weighted by atomic mass is 10.1. The van der Waals surface area contributed by atoms with Crippen molar-refractivity contribution in [2.75, 3.05) is 0 Å². The number of alkyl halides is 1. The van der Waals surface area contributed by atoms with Gasteiger partial charge in [-0.25, -0.2) is 4.98 Å². The lowest BCUT2D eigenvalue weighted by Crippen LogP contribution is -2.08. The first-order valence-electron chi connectivity index (χ1n) is 6.69. The quantitative estimate of drug-likeness (QED) is 0.692. The van der Waals surface area contributed by atoms with Crippen molar-refractivity contribution in [3.8, 4) is 0 Å². The second kappa shape index (κ2) is 5.29. The lowest BCUT2D eigenvalue weighted by molar-refractivity contribution is 0.651. The number of fused-ring (bicyclic) bond motifs is 1. The summed E-state index contributed by atoms with van der Waals surface area (Å²) in [5.41, 5.74) is 4.27. The van der Waals surface area contributed by atoms with Crippen LogP contribution in [0.25, 0.3) is 11.2 Å². The van der Waals surface area contributed by atoms with Gasteiger partial charge in [0.05, 0.1) is 11.6 Å². The molecule has 0 unspecified atom stereocenters. The van der Waals surface area contributed by atoms with Gasteiger partial charge in [-0.3, -0.25) is 4.68 Å². The van der Waals surface area contributed by atoms with E-state index in [0.29, 0.717) is 5.88 Å². The summed E-state index contributed by atoms with van der Waals surface area (Å²) in [5.74, 6) is 1.33. The number of aromatic nitrogens is 4. The van der Waals surface area contributed by atoms with Gasteiger partial charge in [0, 0.05) is 13.6 Å². The molecule has 4 nitrogen and oxygen atoms in total. The standard InChI is InChI=1S/C15H17ClN4/c1-11-14-15(19(2)18-11)20(13(10-16)17-14)9-8-12-6-4-3-5-7-12/h3-7H,8-10H2,1-2H3. The molecule has 0 bridgehead atoms. The predicted octanol–water partition coefficient (Wildman–Crippen LogP) is 3.06. The maximum atomic E-state index is 6.03. The molecule has 0 radical (unpaired) electrons. The Morgan fingerprint density at radius 1 is 1.20 bits per heavy atom. The molecule has 0 fully saturated rings. The zero-order chi connectivity index (χ0) is 14.1. The van der Waals surface area contributed by atoms with Crippen LogP contribution in [-0.4, -0.2) is 19.3 Å². The van der Waals surface area contributed by atoms with Crippen molar-refractivity contribution in [1.82, 2.24) is 19.3 Å². The highest BCUT2D eigenvalue weighted by molar-refractivity contribution is 6.16. The van der Waals surface area contributed by atoms with Gasteiger partial charge in [-0.2, -0.15) is 5.10 Å². The molecule has 0 N–H and O–H groups in total. The third-order valence-corrected chi connectivity index (χ3v) is 3.79. The minimum atomic E-state index is 0.420. The van der Waals surface area contributed by atoms with Crippen molar-refractivity contribution in [2.45, 2.75) is 25.8 Å². The second-order valence-corrected chi connectivity index (χ2v) is 5.20. The SMILES string of the molecule is Cc1nn(C)c2c1nc(CCl)n2CCc1ccccc1. The Morgan fingerprint density at radius 2 is 1.95 bits per heavy atom. The minimum absolute atomic E-state index is 0.420. The monoisotopic (exact) mass is 288 g/mol. The molecular formula is C15H17ClN4. The van der Waals surface area contributed by atoms with Crippen molar-refractivity contribution in [2.24, 2.45) is 7.05 Å². The van der Waals surface area contributed by atoms with Crippen LogP contribution in [0.3, 0.4) is 0 Å². The molecule has 2 heterocycles. The molecule has 1 aromatic carbocycles. The van der Waals surface area contributed by atoms with E-state index in [0.717, 1.165) is 35.6 Å². The van der Waals surface area contributed by atoms with Crippen LogP contribution in [0, 0.1) is 6.92 Å². The van der Waals surface area contributed by atoms with Crippen LogP contribution in [0.5, 0.6) is 0 Å². The van der Waals surface area contributed by atoms with Crippen LogP contribution in [-0.2, 0) is 25.9 Å². The Bertz CT molecular complexity index is 727. The third kappa shape index (κ3) is 2.20. The molecule has 0 saturated carbocycles. The van der Waals surface area contributed by atoms with E-state index in [1.54, 1.807) is 0 Å². The fourth-order valence-electron chi connectivity index (χ4n) is 2.60. The smallest absolute Gasteiger partial charge is 0.158 e. The van der Waals surface area contributed by atoms with Crippen molar-refractivity contribution >= 4 is 22.8 Å². The van der Waals surface area contributed by atoms with Crippen molar-refractivity contribution < 1.29 is 0 Å². The molecule has 0 amide bonds. The summed E-state index contributed by atoms with van der Waals surface area (Å²) in [6.45, 7) is 2.84. The van der Waals surface area contributed by atoms with Crippen molar-refractivity contribution in [1.29, 1.82) is 0 Å². The van der Waals surface area contributed by atoms with Gasteiger partial charge in [0.2, 0.25) is 0 Å². The molecular weight excluding hydrogens is 272 g/mol. The molecule has 104 valence electrons. The van der Waals surface area contributed by atoms with Gasteiger partial charge in [0.25, 0.3) is 0 Å². The van der Waals surface area contributed by atoms with Gasteiger partial charge >= 0.3 is 0 Å². The van der Waals surface area contributed by atoms with Crippen LogP contribution in [0.2, 0.25) is 0 Å². The van der Waals surface area contributed by atoms with E-state index in [4.69, 9.17) is 11.6 Å². The molecule has 2 aromatic heterocycles. The fourth-order valence-corrected chi connectivity index (χ4v) is 2.81. The zero-order valence-electron chi connectivity index (χ0n) is 11.7. The van der Waals surface area contributed by atoms with E-state index in [2.05, 4.69) is 38.9 Å². The summed E-state index contributed by atoms with van der Waals surface area (Å²) in [5, 5.41) is 4.43. The Balaban J connectivity index is 1.97. The van der Waals surface area contributed by atoms with Crippen LogP contribution >= 0.6 is 11.6 Å². The van der Waals surface area contributed by atoms with E-state index in [1.165, 1.54) is 5.56 Å². The summed E-state index contributed by atoms with van der Waals surface area (Å²) in [6.07, 6.45) is 0.959. The van der Waals surface area contributed by atoms with Gasteiger partial charge in [-0.05, 0) is 18.9 Å². The number of aryl methyl sites for hydroxylation is 4. The van der Waals surface area contributed by atoms with Crippen LogP contribution in [0.1, 0.15) is 17.1 Å². The fraction of sp³-hybridized carbons (Fsp3) is 0.333. The number of nitrogens with zero attached hydrogens (tertiary/aromatic N) is 4. The first-order chi connectivity index (χ1) is 9.70. The van der Waals surface area contributed by atoms with Gasteiger partial charge < -0.3 is 4.57 Å². The molecule has 0 spiro atoms. The topological polar surface area (TPSA) is 35.6 Å². The van der Waals surface area contributed by atoms with Crippen molar-refractivity contribution in [3.05, 3.63) is 47.4 Å². The molecule has 0 aliphatic rings. The lowest BCUT2D eigenvalue weighted by Gasteiger charge is -2.08. The molecule has 20 heavy (non-hydrogen) atoms. The van der Waals surface area contributed by atoms with E-state index >= 15 is 0 Å². The first kappa shape index (κ1) is 13.2.